The third-order valence-electron chi connectivity index (χ3n) is 6.18. The zero-order valence-corrected chi connectivity index (χ0v) is 22.4. The van der Waals surface area contributed by atoms with Gasteiger partial charge in [0, 0.05) is 4.88 Å². The van der Waals surface area contributed by atoms with Crippen LogP contribution in [0.2, 0.25) is 0 Å². The van der Waals surface area contributed by atoms with E-state index in [1.165, 1.54) is 11.3 Å². The molecule has 0 unspecified atom stereocenters. The maximum Gasteiger partial charge on any atom is 0.341 e. The highest BCUT2D eigenvalue weighted by Gasteiger charge is 2.27. The van der Waals surface area contributed by atoms with Crippen molar-refractivity contribution >= 4 is 39.8 Å². The molecule has 0 spiro atoms. The van der Waals surface area contributed by atoms with E-state index in [-0.39, 0.29) is 6.61 Å². The number of benzene rings is 2. The fraction of sp³-hybridized carbons (Fsp3) is 0.310. The molecule has 1 heterocycles. The molecule has 3 aromatic rings. The number of hydrogen-bond donors (Lipinski definition) is 2. The van der Waals surface area contributed by atoms with E-state index in [4.69, 9.17) is 9.47 Å². The minimum Gasteiger partial charge on any atom is -0.489 e. The number of ether oxygens (including phenoxy) is 2. The highest BCUT2D eigenvalue weighted by molar-refractivity contribution is 7.17. The van der Waals surface area contributed by atoms with Crippen LogP contribution >= 0.6 is 11.3 Å². The Labute approximate surface area is 226 Å². The maximum absolute atomic E-state index is 12.7. The molecule has 0 saturated heterocycles. The van der Waals surface area contributed by atoms with E-state index in [9.17, 15) is 14.4 Å². The number of thiophene rings is 1. The lowest BCUT2D eigenvalue weighted by molar-refractivity contribution is -0.136. The molecule has 2 amide bonds. The SMILES string of the molecule is CCOC(=O)c1c(NC(=O)C(=O)N/N=C(\C)c2ccc(OCc3ccccc3)cc2)sc2c1CCCCC2. The topological polar surface area (TPSA) is 106 Å². The summed E-state index contributed by atoms with van der Waals surface area (Å²) in [6.45, 7) is 4.16. The highest BCUT2D eigenvalue weighted by Crippen LogP contribution is 2.38. The molecule has 0 aliphatic heterocycles. The zero-order chi connectivity index (χ0) is 26.9. The normalized spacial score (nSPS) is 13.2. The summed E-state index contributed by atoms with van der Waals surface area (Å²) in [6, 6.07) is 17.2. The molecule has 2 aromatic carbocycles. The second-order valence-electron chi connectivity index (χ2n) is 8.88. The van der Waals surface area contributed by atoms with Gasteiger partial charge in [0.15, 0.2) is 0 Å². The van der Waals surface area contributed by atoms with Crippen molar-refractivity contribution < 1.29 is 23.9 Å². The van der Waals surface area contributed by atoms with Gasteiger partial charge in [-0.2, -0.15) is 5.10 Å². The van der Waals surface area contributed by atoms with Crippen LogP contribution in [-0.2, 0) is 33.8 Å². The van der Waals surface area contributed by atoms with E-state index in [0.717, 1.165) is 53.7 Å². The first-order chi connectivity index (χ1) is 18.5. The molecule has 0 fully saturated rings. The van der Waals surface area contributed by atoms with Gasteiger partial charge in [-0.25, -0.2) is 10.2 Å². The predicted molar refractivity (Wildman–Crippen MR) is 148 cm³/mol. The number of hydrazone groups is 1. The van der Waals surface area contributed by atoms with Gasteiger partial charge in [0.25, 0.3) is 0 Å². The first-order valence-corrected chi connectivity index (χ1v) is 13.5. The second-order valence-corrected chi connectivity index (χ2v) is 9.99. The molecule has 1 aliphatic rings. The van der Waals surface area contributed by atoms with Crippen LogP contribution in [0.4, 0.5) is 5.00 Å². The van der Waals surface area contributed by atoms with E-state index >= 15 is 0 Å². The monoisotopic (exact) mass is 533 g/mol. The van der Waals surface area contributed by atoms with Gasteiger partial charge in [-0.1, -0.05) is 36.8 Å². The Bertz CT molecular complexity index is 1320. The Kier molecular flexibility index (Phi) is 9.26. The molecule has 198 valence electrons. The molecule has 4 rings (SSSR count). The average molecular weight is 534 g/mol. The summed E-state index contributed by atoms with van der Waals surface area (Å²) in [4.78, 5) is 38.9. The zero-order valence-electron chi connectivity index (χ0n) is 21.5. The van der Waals surface area contributed by atoms with Gasteiger partial charge in [0.2, 0.25) is 0 Å². The van der Waals surface area contributed by atoms with E-state index in [0.29, 0.717) is 28.6 Å². The Balaban J connectivity index is 1.37. The number of carbonyl (C=O) groups excluding carboxylic acids is 3. The lowest BCUT2D eigenvalue weighted by atomic mass is 10.1. The van der Waals surface area contributed by atoms with E-state index in [2.05, 4.69) is 15.8 Å². The van der Waals surface area contributed by atoms with Crippen LogP contribution in [-0.4, -0.2) is 30.1 Å². The number of anilines is 1. The number of esters is 1. The second kappa shape index (κ2) is 13.0. The third kappa shape index (κ3) is 6.86. The Hall–Kier alpha value is -3.98. The molecule has 0 atom stereocenters. The first-order valence-electron chi connectivity index (χ1n) is 12.7. The fourth-order valence-corrected chi connectivity index (χ4v) is 5.47. The number of amides is 2. The largest absolute Gasteiger partial charge is 0.489 e. The van der Waals surface area contributed by atoms with Crippen LogP contribution in [0.25, 0.3) is 0 Å². The summed E-state index contributed by atoms with van der Waals surface area (Å²) < 4.78 is 11.0. The fourth-order valence-electron chi connectivity index (χ4n) is 4.19. The summed E-state index contributed by atoms with van der Waals surface area (Å²) in [5, 5.41) is 7.03. The molecule has 1 aromatic heterocycles. The van der Waals surface area contributed by atoms with Crippen LogP contribution in [0.1, 0.15) is 65.0 Å². The van der Waals surface area contributed by atoms with E-state index < -0.39 is 17.8 Å². The number of fused-ring (bicyclic) bond motifs is 1. The predicted octanol–water partition coefficient (Wildman–Crippen LogP) is 5.25. The standard InChI is InChI=1S/C29H31N3O5S/c1-3-36-29(35)25-23-12-8-5-9-13-24(23)38-28(25)30-26(33)27(34)32-31-19(2)21-14-16-22(17-15-21)37-18-20-10-6-4-7-11-20/h4,6-7,10-11,14-17H,3,5,8-9,12-13,18H2,1-2H3,(H,30,33)(H,32,34)/b31-19+. The average Bonchev–Trinajstić information content (AvgIpc) is 3.11. The molecule has 0 saturated carbocycles. The van der Waals surface area contributed by atoms with Crippen LogP contribution in [0.15, 0.2) is 59.7 Å². The summed E-state index contributed by atoms with van der Waals surface area (Å²) in [7, 11) is 0. The van der Waals surface area contributed by atoms with Crippen LogP contribution < -0.4 is 15.5 Å². The Morgan fingerprint density at radius 2 is 1.68 bits per heavy atom. The van der Waals surface area contributed by atoms with Gasteiger partial charge < -0.3 is 14.8 Å². The molecule has 8 nitrogen and oxygen atoms in total. The van der Waals surface area contributed by atoms with Crippen molar-refractivity contribution in [2.24, 2.45) is 5.10 Å². The first kappa shape index (κ1) is 27.1. The smallest absolute Gasteiger partial charge is 0.341 e. The number of rotatable bonds is 8. The van der Waals surface area contributed by atoms with Gasteiger partial charge in [-0.05, 0) is 80.5 Å². The quantitative estimate of drug-likeness (QED) is 0.135. The van der Waals surface area contributed by atoms with E-state index in [1.807, 2.05) is 54.6 Å². The number of carbonyl (C=O) groups is 3. The summed E-state index contributed by atoms with van der Waals surface area (Å²) in [5.74, 6) is -1.59. The lowest BCUT2D eigenvalue weighted by Gasteiger charge is -2.09. The van der Waals surface area contributed by atoms with Crippen LogP contribution in [0, 0.1) is 0 Å². The highest BCUT2D eigenvalue weighted by atomic mass is 32.1. The molecule has 0 bridgehead atoms. The third-order valence-corrected chi connectivity index (χ3v) is 7.39. The number of hydrogen-bond acceptors (Lipinski definition) is 7. The molecule has 38 heavy (non-hydrogen) atoms. The number of nitrogens with zero attached hydrogens (tertiary/aromatic N) is 1. The number of aryl methyl sites for hydroxylation is 1. The Morgan fingerprint density at radius 3 is 2.42 bits per heavy atom. The van der Waals surface area contributed by atoms with E-state index in [1.54, 1.807) is 13.8 Å². The summed E-state index contributed by atoms with van der Waals surface area (Å²) in [6.07, 6.45) is 4.68. The minimum absolute atomic E-state index is 0.228. The van der Waals surface area contributed by atoms with Crippen LogP contribution in [0.3, 0.4) is 0 Å². The molecule has 0 radical (unpaired) electrons. The van der Waals surface area contributed by atoms with Crippen molar-refractivity contribution in [3.8, 4) is 5.75 Å². The molecule has 1 aliphatic carbocycles. The minimum atomic E-state index is -0.925. The van der Waals surface area contributed by atoms with Crippen molar-refractivity contribution in [2.75, 3.05) is 11.9 Å². The maximum atomic E-state index is 12.7. The lowest BCUT2D eigenvalue weighted by Crippen LogP contribution is -2.33. The van der Waals surface area contributed by atoms with Crippen LogP contribution in [0.5, 0.6) is 5.75 Å². The van der Waals surface area contributed by atoms with Crippen molar-refractivity contribution in [1.82, 2.24) is 5.43 Å². The summed E-state index contributed by atoms with van der Waals surface area (Å²) in [5.41, 5.74) is 5.95. The molecule has 9 heteroatoms. The van der Waals surface area contributed by atoms with Crippen molar-refractivity contribution in [1.29, 1.82) is 0 Å². The van der Waals surface area contributed by atoms with Gasteiger partial charge in [0.1, 0.15) is 17.4 Å². The van der Waals surface area contributed by atoms with Gasteiger partial charge in [-0.3, -0.25) is 9.59 Å². The van der Waals surface area contributed by atoms with Gasteiger partial charge in [-0.15, -0.1) is 11.3 Å². The van der Waals surface area contributed by atoms with Gasteiger partial charge in [0.05, 0.1) is 17.9 Å². The summed E-state index contributed by atoms with van der Waals surface area (Å²) >= 11 is 1.34. The Morgan fingerprint density at radius 1 is 0.947 bits per heavy atom. The van der Waals surface area contributed by atoms with Crippen molar-refractivity contribution in [2.45, 2.75) is 52.6 Å². The van der Waals surface area contributed by atoms with Crippen molar-refractivity contribution in [3.63, 3.8) is 0 Å². The number of nitrogens with one attached hydrogen (secondary N) is 2. The molecular weight excluding hydrogens is 502 g/mol. The van der Waals surface area contributed by atoms with Gasteiger partial charge >= 0.3 is 17.8 Å². The molecular formula is C29H31N3O5S. The molecule has 2 N–H and O–H groups in total. The van der Waals surface area contributed by atoms with Crippen molar-refractivity contribution in [3.05, 3.63) is 81.7 Å².